The van der Waals surface area contributed by atoms with E-state index in [0.717, 1.165) is 30.8 Å². The molecule has 144 valence electrons. The first-order valence-corrected chi connectivity index (χ1v) is 9.86. The summed E-state index contributed by atoms with van der Waals surface area (Å²) >= 11 is 1.33. The second-order valence-electron chi connectivity index (χ2n) is 6.24. The number of para-hydroxylation sites is 2. The number of hydrogen-bond donors (Lipinski definition) is 2. The number of fused-ring (bicyclic) bond motifs is 1. The average Bonchev–Trinajstić information content (AvgIpc) is 3.12. The maximum atomic E-state index is 12.1. The number of nitrogens with one attached hydrogen (secondary N) is 2. The van der Waals surface area contributed by atoms with E-state index in [4.69, 9.17) is 9.47 Å². The smallest absolute Gasteiger partial charge is 0.311 e. The first-order chi connectivity index (χ1) is 13.1. The van der Waals surface area contributed by atoms with E-state index in [2.05, 4.69) is 15.6 Å². The number of hydrogen-bond acceptors (Lipinski definition) is 7. The van der Waals surface area contributed by atoms with E-state index in [-0.39, 0.29) is 30.2 Å². The van der Waals surface area contributed by atoms with Crippen LogP contribution in [0.25, 0.3) is 0 Å². The van der Waals surface area contributed by atoms with Crippen LogP contribution in [0.15, 0.2) is 41.0 Å². The SMILES string of the molecule is COC(=O)CC1=CC(SCC(=O)NCC2CCCO2)=Nc2ccccc2N1. The fourth-order valence-corrected chi connectivity index (χ4v) is 3.58. The number of amides is 1. The van der Waals surface area contributed by atoms with Gasteiger partial charge in [0.2, 0.25) is 5.91 Å². The van der Waals surface area contributed by atoms with Gasteiger partial charge < -0.3 is 20.1 Å². The van der Waals surface area contributed by atoms with Gasteiger partial charge in [0.15, 0.2) is 0 Å². The predicted molar refractivity (Wildman–Crippen MR) is 106 cm³/mol. The first-order valence-electron chi connectivity index (χ1n) is 8.87. The maximum absolute atomic E-state index is 12.1. The van der Waals surface area contributed by atoms with Gasteiger partial charge in [-0.15, -0.1) is 0 Å². The number of rotatable bonds is 6. The Morgan fingerprint density at radius 2 is 2.26 bits per heavy atom. The van der Waals surface area contributed by atoms with Crippen LogP contribution in [-0.4, -0.2) is 49.0 Å². The van der Waals surface area contributed by atoms with Crippen molar-refractivity contribution in [3.63, 3.8) is 0 Å². The Hall–Kier alpha value is -2.32. The monoisotopic (exact) mass is 389 g/mol. The molecule has 1 saturated heterocycles. The van der Waals surface area contributed by atoms with Crippen LogP contribution in [0.1, 0.15) is 19.3 Å². The number of methoxy groups -OCH3 is 1. The Bertz CT molecular complexity index is 757. The molecule has 27 heavy (non-hydrogen) atoms. The van der Waals surface area contributed by atoms with Gasteiger partial charge in [-0.25, -0.2) is 4.99 Å². The van der Waals surface area contributed by atoms with E-state index < -0.39 is 0 Å². The van der Waals surface area contributed by atoms with Crippen LogP contribution in [0, 0.1) is 0 Å². The van der Waals surface area contributed by atoms with Crippen LogP contribution >= 0.6 is 11.8 Å². The zero-order chi connectivity index (χ0) is 19.1. The van der Waals surface area contributed by atoms with Crippen molar-refractivity contribution in [3.05, 3.63) is 36.0 Å². The molecule has 0 aromatic heterocycles. The molecular formula is C19H23N3O4S. The lowest BCUT2D eigenvalue weighted by atomic mass is 10.2. The van der Waals surface area contributed by atoms with E-state index in [9.17, 15) is 9.59 Å². The number of nitrogens with zero attached hydrogens (tertiary/aromatic N) is 1. The highest BCUT2D eigenvalue weighted by Gasteiger charge is 2.17. The lowest BCUT2D eigenvalue weighted by Gasteiger charge is -2.10. The van der Waals surface area contributed by atoms with Crippen molar-refractivity contribution in [1.29, 1.82) is 0 Å². The highest BCUT2D eigenvalue weighted by molar-refractivity contribution is 8.14. The number of thioether (sulfide) groups is 1. The lowest BCUT2D eigenvalue weighted by Crippen LogP contribution is -2.33. The van der Waals surface area contributed by atoms with Crippen molar-refractivity contribution in [2.75, 3.05) is 31.3 Å². The predicted octanol–water partition coefficient (Wildman–Crippen LogP) is 2.62. The molecule has 1 amide bonds. The topological polar surface area (TPSA) is 89.0 Å². The highest BCUT2D eigenvalue weighted by atomic mass is 32.2. The van der Waals surface area contributed by atoms with E-state index in [0.29, 0.717) is 17.3 Å². The van der Waals surface area contributed by atoms with Crippen LogP contribution in [0.2, 0.25) is 0 Å². The minimum absolute atomic E-state index is 0.0633. The number of aliphatic imine (C=N–C) groups is 1. The molecule has 2 N–H and O–H groups in total. The number of carbonyl (C=O) groups is 2. The van der Waals surface area contributed by atoms with E-state index in [1.54, 1.807) is 6.08 Å². The van der Waals surface area contributed by atoms with Crippen molar-refractivity contribution >= 4 is 40.1 Å². The summed E-state index contributed by atoms with van der Waals surface area (Å²) in [6.45, 7) is 1.31. The van der Waals surface area contributed by atoms with Gasteiger partial charge in [0.05, 0.1) is 41.8 Å². The highest BCUT2D eigenvalue weighted by Crippen LogP contribution is 2.30. The lowest BCUT2D eigenvalue weighted by molar-refractivity contribution is -0.139. The van der Waals surface area contributed by atoms with Crippen LogP contribution in [-0.2, 0) is 19.1 Å². The van der Waals surface area contributed by atoms with Gasteiger partial charge in [0.25, 0.3) is 0 Å². The average molecular weight is 389 g/mol. The zero-order valence-corrected chi connectivity index (χ0v) is 16.0. The van der Waals surface area contributed by atoms with Crippen molar-refractivity contribution in [2.24, 2.45) is 4.99 Å². The second-order valence-corrected chi connectivity index (χ2v) is 7.24. The summed E-state index contributed by atoms with van der Waals surface area (Å²) in [6, 6.07) is 7.57. The summed E-state index contributed by atoms with van der Waals surface area (Å²) in [5.74, 6) is -0.159. The third-order valence-electron chi connectivity index (χ3n) is 4.19. The third-order valence-corrected chi connectivity index (χ3v) is 5.10. The molecular weight excluding hydrogens is 366 g/mol. The quantitative estimate of drug-likeness (QED) is 0.727. The molecule has 0 saturated carbocycles. The molecule has 1 atom stereocenters. The van der Waals surface area contributed by atoms with Crippen LogP contribution in [0.3, 0.4) is 0 Å². The molecule has 2 aliphatic rings. The summed E-state index contributed by atoms with van der Waals surface area (Å²) in [6.07, 6.45) is 4.05. The summed E-state index contributed by atoms with van der Waals surface area (Å²) in [4.78, 5) is 28.4. The van der Waals surface area contributed by atoms with E-state index in [1.165, 1.54) is 18.9 Å². The van der Waals surface area contributed by atoms with Crippen molar-refractivity contribution < 1.29 is 19.1 Å². The number of ether oxygens (including phenoxy) is 2. The summed E-state index contributed by atoms with van der Waals surface area (Å²) in [5.41, 5.74) is 2.25. The zero-order valence-electron chi connectivity index (χ0n) is 15.2. The second kappa shape index (κ2) is 9.57. The Morgan fingerprint density at radius 3 is 3.04 bits per heavy atom. The van der Waals surface area contributed by atoms with Crippen LogP contribution in [0.5, 0.6) is 0 Å². The number of esters is 1. The molecule has 1 aromatic carbocycles. The van der Waals surface area contributed by atoms with Crippen LogP contribution in [0.4, 0.5) is 11.4 Å². The molecule has 3 rings (SSSR count). The maximum Gasteiger partial charge on any atom is 0.311 e. The Kier molecular flexibility index (Phi) is 6.89. The number of anilines is 1. The molecule has 1 unspecified atom stereocenters. The summed E-state index contributed by atoms with van der Waals surface area (Å²) in [7, 11) is 1.36. The molecule has 2 heterocycles. The molecule has 0 spiro atoms. The van der Waals surface area contributed by atoms with E-state index in [1.807, 2.05) is 24.3 Å². The fraction of sp³-hybridized carbons (Fsp3) is 0.421. The Morgan fingerprint density at radius 1 is 1.41 bits per heavy atom. The third kappa shape index (κ3) is 5.83. The molecule has 8 heteroatoms. The largest absolute Gasteiger partial charge is 0.469 e. The fourth-order valence-electron chi connectivity index (χ4n) is 2.81. The normalized spacial score (nSPS) is 18.5. The Labute approximate surface area is 162 Å². The van der Waals surface area contributed by atoms with Gasteiger partial charge in [-0.05, 0) is 31.1 Å². The molecule has 7 nitrogen and oxygen atoms in total. The molecule has 0 bridgehead atoms. The minimum atomic E-state index is -0.341. The standard InChI is InChI=1S/C19H23N3O4S/c1-25-19(24)10-13-9-18(22-16-7-3-2-6-15(16)21-13)27-12-17(23)20-11-14-5-4-8-26-14/h2-3,6-7,9,14,21H,4-5,8,10-12H2,1H3,(H,20,23). The van der Waals surface area contributed by atoms with Gasteiger partial charge >= 0.3 is 5.97 Å². The summed E-state index contributed by atoms with van der Waals surface area (Å²) < 4.78 is 10.3. The van der Waals surface area contributed by atoms with Gasteiger partial charge in [-0.2, -0.15) is 0 Å². The van der Waals surface area contributed by atoms with Crippen molar-refractivity contribution in [2.45, 2.75) is 25.4 Å². The van der Waals surface area contributed by atoms with E-state index >= 15 is 0 Å². The van der Waals surface area contributed by atoms with Crippen molar-refractivity contribution in [1.82, 2.24) is 5.32 Å². The molecule has 0 radical (unpaired) electrons. The molecule has 0 aliphatic carbocycles. The van der Waals surface area contributed by atoms with Gasteiger partial charge in [-0.1, -0.05) is 23.9 Å². The molecule has 1 aromatic rings. The van der Waals surface area contributed by atoms with Gasteiger partial charge in [-0.3, -0.25) is 9.59 Å². The van der Waals surface area contributed by atoms with Crippen LogP contribution < -0.4 is 10.6 Å². The molecule has 1 fully saturated rings. The first kappa shape index (κ1) is 19.4. The Balaban J connectivity index is 1.63. The summed E-state index contributed by atoms with van der Waals surface area (Å²) in [5, 5.41) is 6.79. The number of carbonyl (C=O) groups excluding carboxylic acids is 2. The van der Waals surface area contributed by atoms with Crippen molar-refractivity contribution in [3.8, 4) is 0 Å². The molecule has 2 aliphatic heterocycles. The number of benzene rings is 1. The van der Waals surface area contributed by atoms with Gasteiger partial charge in [0.1, 0.15) is 0 Å². The minimum Gasteiger partial charge on any atom is -0.469 e. The van der Waals surface area contributed by atoms with Gasteiger partial charge in [0, 0.05) is 18.8 Å².